The van der Waals surface area contributed by atoms with Gasteiger partial charge in [0.05, 0.1) is 24.8 Å². The van der Waals surface area contributed by atoms with Crippen LogP contribution < -0.4 is 0 Å². The molecule has 1 amide bonds. The smallest absolute Gasteiger partial charge is 0.295 e. The summed E-state index contributed by atoms with van der Waals surface area (Å²) >= 11 is 3.43. The fourth-order valence-corrected chi connectivity index (χ4v) is 4.32. The summed E-state index contributed by atoms with van der Waals surface area (Å²) in [5, 5.41) is 11.0. The molecule has 2 aromatic rings. The third kappa shape index (κ3) is 4.71. The normalized spacial score (nSPS) is 21.6. The Bertz CT molecular complexity index is 972. The number of morpholine rings is 1. The minimum absolute atomic E-state index is 0.116. The highest BCUT2D eigenvalue weighted by molar-refractivity contribution is 9.10. The van der Waals surface area contributed by atoms with E-state index in [1.807, 2.05) is 24.3 Å². The number of benzene rings is 1. The highest BCUT2D eigenvalue weighted by Gasteiger charge is 2.45. The zero-order valence-electron chi connectivity index (χ0n) is 17.0. The van der Waals surface area contributed by atoms with Gasteiger partial charge >= 0.3 is 0 Å². The first kappa shape index (κ1) is 21.7. The van der Waals surface area contributed by atoms with Gasteiger partial charge in [0.1, 0.15) is 5.76 Å². The second-order valence-electron chi connectivity index (χ2n) is 7.59. The van der Waals surface area contributed by atoms with E-state index in [1.165, 1.54) is 0 Å². The molecule has 7 nitrogen and oxygen atoms in total. The van der Waals surface area contributed by atoms with Crippen LogP contribution in [0.2, 0.25) is 0 Å². The van der Waals surface area contributed by atoms with Crippen LogP contribution in [-0.2, 0) is 14.3 Å². The molecule has 0 aliphatic carbocycles. The number of Topliss-reactive ketones (excluding diaryl/α,β-unsaturated/α-hetero) is 1. The van der Waals surface area contributed by atoms with Gasteiger partial charge < -0.3 is 14.7 Å². The number of aromatic nitrogens is 1. The van der Waals surface area contributed by atoms with Crippen LogP contribution in [0.4, 0.5) is 0 Å². The quantitative estimate of drug-likeness (QED) is 0.384. The van der Waals surface area contributed by atoms with E-state index in [0.717, 1.165) is 49.3 Å². The van der Waals surface area contributed by atoms with Crippen LogP contribution in [-0.4, -0.2) is 71.0 Å². The molecule has 1 aromatic heterocycles. The molecule has 31 heavy (non-hydrogen) atoms. The van der Waals surface area contributed by atoms with E-state index in [2.05, 4.69) is 25.8 Å². The lowest BCUT2D eigenvalue weighted by Crippen LogP contribution is -2.38. The van der Waals surface area contributed by atoms with Crippen molar-refractivity contribution in [1.82, 2.24) is 14.8 Å². The first-order chi connectivity index (χ1) is 15.1. The second kappa shape index (κ2) is 9.72. The molecule has 0 unspecified atom stereocenters. The van der Waals surface area contributed by atoms with Gasteiger partial charge in [-0.05, 0) is 36.2 Å². The Hall–Kier alpha value is -2.55. The Kier molecular flexibility index (Phi) is 6.80. The lowest BCUT2D eigenvalue weighted by atomic mass is 9.95. The highest BCUT2D eigenvalue weighted by Crippen LogP contribution is 2.39. The molecule has 0 spiro atoms. The largest absolute Gasteiger partial charge is 0.507 e. The third-order valence-electron chi connectivity index (χ3n) is 5.66. The molecule has 1 aromatic carbocycles. The second-order valence-corrected chi connectivity index (χ2v) is 8.50. The number of ether oxygens (including phenoxy) is 1. The van der Waals surface area contributed by atoms with Gasteiger partial charge in [-0.15, -0.1) is 0 Å². The van der Waals surface area contributed by atoms with E-state index in [9.17, 15) is 14.7 Å². The van der Waals surface area contributed by atoms with Crippen molar-refractivity contribution < 1.29 is 19.4 Å². The van der Waals surface area contributed by atoms with E-state index in [1.54, 1.807) is 29.4 Å². The lowest BCUT2D eigenvalue weighted by molar-refractivity contribution is -0.140. The standard InChI is InChI=1S/C23H24BrN3O4/c24-18-4-2-16(3-5-18)20-19(21(28)17-6-8-25-9-7-17)22(29)23(30)27(20)11-1-10-26-12-14-31-15-13-26/h2-9,20,28H,1,10-15H2/b21-19+/t20-/m1/s1. The van der Waals surface area contributed by atoms with Crippen LogP contribution in [0.25, 0.3) is 5.76 Å². The number of pyridine rings is 1. The van der Waals surface area contributed by atoms with Crippen LogP contribution in [0.3, 0.4) is 0 Å². The molecular formula is C23H24BrN3O4. The average Bonchev–Trinajstić information content (AvgIpc) is 3.05. The van der Waals surface area contributed by atoms with Gasteiger partial charge in [-0.2, -0.15) is 0 Å². The number of amides is 1. The van der Waals surface area contributed by atoms with Gasteiger partial charge in [-0.1, -0.05) is 28.1 Å². The van der Waals surface area contributed by atoms with E-state index < -0.39 is 17.7 Å². The van der Waals surface area contributed by atoms with E-state index in [4.69, 9.17) is 4.74 Å². The van der Waals surface area contributed by atoms with Crippen molar-refractivity contribution in [2.24, 2.45) is 0 Å². The minimum atomic E-state index is -0.659. The Morgan fingerprint density at radius 3 is 2.42 bits per heavy atom. The number of hydrogen-bond donors (Lipinski definition) is 1. The summed E-state index contributed by atoms with van der Waals surface area (Å²) in [6.07, 6.45) is 3.82. The number of aliphatic hydroxyl groups is 1. The molecule has 0 saturated carbocycles. The van der Waals surface area contributed by atoms with E-state index in [-0.39, 0.29) is 11.3 Å². The number of likely N-dealkylation sites (tertiary alicyclic amines) is 1. The Morgan fingerprint density at radius 2 is 1.74 bits per heavy atom. The maximum Gasteiger partial charge on any atom is 0.295 e. The van der Waals surface area contributed by atoms with Crippen molar-refractivity contribution in [3.05, 3.63) is 70.0 Å². The molecule has 2 aliphatic heterocycles. The summed E-state index contributed by atoms with van der Waals surface area (Å²) in [5.74, 6) is -1.41. The molecule has 1 atom stereocenters. The van der Waals surface area contributed by atoms with Crippen molar-refractivity contribution in [2.75, 3.05) is 39.4 Å². The number of carbonyl (C=O) groups is 2. The Labute approximate surface area is 189 Å². The summed E-state index contributed by atoms with van der Waals surface area (Å²) in [6, 6.07) is 10.1. The fourth-order valence-electron chi connectivity index (χ4n) is 4.06. The molecule has 3 heterocycles. The van der Waals surface area contributed by atoms with Crippen LogP contribution in [0, 0.1) is 0 Å². The number of ketones is 1. The van der Waals surface area contributed by atoms with Gasteiger partial charge in [0.25, 0.3) is 11.7 Å². The SMILES string of the molecule is O=C1C(=O)N(CCCN2CCOCC2)[C@H](c2ccc(Br)cc2)/C1=C(\O)c1ccncc1. The van der Waals surface area contributed by atoms with Gasteiger partial charge in [-0.25, -0.2) is 0 Å². The van der Waals surface area contributed by atoms with Gasteiger partial charge in [0.2, 0.25) is 0 Å². The van der Waals surface area contributed by atoms with E-state index in [0.29, 0.717) is 12.1 Å². The number of hydrogen-bond acceptors (Lipinski definition) is 6. The number of rotatable bonds is 6. The van der Waals surface area contributed by atoms with Crippen LogP contribution >= 0.6 is 15.9 Å². The number of halogens is 1. The minimum Gasteiger partial charge on any atom is -0.507 e. The molecule has 2 aliphatic rings. The monoisotopic (exact) mass is 485 g/mol. The van der Waals surface area contributed by atoms with Crippen molar-refractivity contribution in [3.8, 4) is 0 Å². The predicted molar refractivity (Wildman–Crippen MR) is 119 cm³/mol. The predicted octanol–water partition coefficient (Wildman–Crippen LogP) is 2.99. The first-order valence-corrected chi connectivity index (χ1v) is 11.1. The summed E-state index contributed by atoms with van der Waals surface area (Å²) in [5.41, 5.74) is 1.36. The van der Waals surface area contributed by atoms with Gasteiger partial charge in [-0.3, -0.25) is 19.5 Å². The topological polar surface area (TPSA) is 83.0 Å². The molecular weight excluding hydrogens is 462 g/mol. The maximum atomic E-state index is 13.0. The summed E-state index contributed by atoms with van der Waals surface area (Å²) in [4.78, 5) is 33.8. The number of carbonyl (C=O) groups excluding carboxylic acids is 2. The van der Waals surface area contributed by atoms with Crippen molar-refractivity contribution in [3.63, 3.8) is 0 Å². The fraction of sp³-hybridized carbons (Fsp3) is 0.348. The molecule has 0 bridgehead atoms. The maximum absolute atomic E-state index is 13.0. The zero-order chi connectivity index (χ0) is 21.8. The molecule has 0 radical (unpaired) electrons. The first-order valence-electron chi connectivity index (χ1n) is 10.3. The van der Waals surface area contributed by atoms with Crippen LogP contribution in [0.15, 0.2) is 58.8 Å². The molecule has 2 saturated heterocycles. The highest BCUT2D eigenvalue weighted by atomic mass is 79.9. The van der Waals surface area contributed by atoms with Crippen LogP contribution in [0.1, 0.15) is 23.6 Å². The summed E-state index contributed by atoms with van der Waals surface area (Å²) in [7, 11) is 0. The van der Waals surface area contributed by atoms with Crippen molar-refractivity contribution in [2.45, 2.75) is 12.5 Å². The number of nitrogens with zero attached hydrogens (tertiary/aromatic N) is 3. The summed E-state index contributed by atoms with van der Waals surface area (Å²) in [6.45, 7) is 4.43. The molecule has 2 fully saturated rings. The lowest BCUT2D eigenvalue weighted by Gasteiger charge is -2.29. The van der Waals surface area contributed by atoms with Crippen molar-refractivity contribution in [1.29, 1.82) is 0 Å². The Balaban J connectivity index is 1.65. The average molecular weight is 486 g/mol. The van der Waals surface area contributed by atoms with Crippen LogP contribution in [0.5, 0.6) is 0 Å². The third-order valence-corrected chi connectivity index (χ3v) is 6.19. The number of aliphatic hydroxyl groups excluding tert-OH is 1. The van der Waals surface area contributed by atoms with Gasteiger partial charge in [0, 0.05) is 48.6 Å². The zero-order valence-corrected chi connectivity index (χ0v) is 18.6. The van der Waals surface area contributed by atoms with Crippen molar-refractivity contribution >= 4 is 33.4 Å². The molecule has 162 valence electrons. The molecule has 4 rings (SSSR count). The van der Waals surface area contributed by atoms with Gasteiger partial charge in [0.15, 0.2) is 0 Å². The van der Waals surface area contributed by atoms with E-state index >= 15 is 0 Å². The molecule has 8 heteroatoms. The Morgan fingerprint density at radius 1 is 1.06 bits per heavy atom. The molecule has 1 N–H and O–H groups in total. The summed E-state index contributed by atoms with van der Waals surface area (Å²) < 4.78 is 6.28.